The third-order valence-electron chi connectivity index (χ3n) is 15.0. The summed E-state index contributed by atoms with van der Waals surface area (Å²) in [7, 11) is 0. The van der Waals surface area contributed by atoms with Gasteiger partial charge in [0.1, 0.15) is 60.4 Å². The fraction of sp³-hybridized carbons (Fsp3) is 0.768. The first-order chi connectivity index (χ1) is 41.7. The van der Waals surface area contributed by atoms with Gasteiger partial charge in [-0.05, 0) is 162 Å². The number of nitrogens with zero attached hydrogens (tertiary/aromatic N) is 2. The lowest BCUT2D eigenvalue weighted by Crippen LogP contribution is -2.61. The number of aliphatic carboxylic acids is 1. The maximum absolute atomic E-state index is 14.3. The molecule has 32 heteroatoms. The van der Waals surface area contributed by atoms with Crippen LogP contribution in [0.25, 0.3) is 0 Å². The van der Waals surface area contributed by atoms with Crippen LogP contribution >= 0.6 is 0 Å². The maximum Gasteiger partial charge on any atom is 0.326 e. The van der Waals surface area contributed by atoms with E-state index in [1.54, 1.807) is 13.8 Å². The smallest absolute Gasteiger partial charge is 0.326 e. The van der Waals surface area contributed by atoms with Gasteiger partial charge in [-0.1, -0.05) is 13.8 Å². The Hall–Kier alpha value is -7.13. The van der Waals surface area contributed by atoms with Crippen LogP contribution in [0.3, 0.4) is 0 Å². The summed E-state index contributed by atoms with van der Waals surface area (Å²) in [5.41, 5.74) is 28.2. The van der Waals surface area contributed by atoms with Crippen molar-refractivity contribution in [1.82, 2.24) is 63.0 Å². The molecule has 0 aromatic carbocycles. The zero-order chi connectivity index (χ0) is 66.0. The van der Waals surface area contributed by atoms with Crippen LogP contribution in [0.2, 0.25) is 0 Å². The summed E-state index contributed by atoms with van der Waals surface area (Å²) >= 11 is 0. The van der Waals surface area contributed by atoms with Gasteiger partial charge in [-0.3, -0.25) is 57.5 Å². The number of aliphatic hydroxyl groups excluding tert-OH is 1. The number of unbranched alkanes of at least 4 members (excludes halogenated alkanes) is 4. The van der Waals surface area contributed by atoms with Crippen LogP contribution in [-0.2, 0) is 62.3 Å². The summed E-state index contributed by atoms with van der Waals surface area (Å²) in [6.07, 6.45) is 3.42. The first-order valence-electron chi connectivity index (χ1n) is 30.7. The van der Waals surface area contributed by atoms with Gasteiger partial charge in [-0.15, -0.1) is 0 Å². The van der Waals surface area contributed by atoms with E-state index in [9.17, 15) is 72.5 Å². The normalized spacial score (nSPS) is 17.7. The molecule has 22 N–H and O–H groups in total. The van der Waals surface area contributed by atoms with Crippen molar-refractivity contribution in [3.63, 3.8) is 0 Å². The molecule has 0 aromatic heterocycles. The van der Waals surface area contributed by atoms with E-state index in [1.165, 1.54) is 30.6 Å². The fourth-order valence-corrected chi connectivity index (χ4v) is 9.95. The summed E-state index contributed by atoms with van der Waals surface area (Å²) in [4.78, 5) is 176. The van der Waals surface area contributed by atoms with Gasteiger partial charge in [0.15, 0.2) is 0 Å². The molecule has 0 bridgehead atoms. The number of amides is 12. The molecule has 88 heavy (non-hydrogen) atoms. The first kappa shape index (κ1) is 77.0. The van der Waals surface area contributed by atoms with Crippen molar-refractivity contribution in [1.29, 1.82) is 0 Å². The van der Waals surface area contributed by atoms with Gasteiger partial charge >= 0.3 is 5.97 Å². The summed E-state index contributed by atoms with van der Waals surface area (Å²) in [6.45, 7) is 7.61. The van der Waals surface area contributed by atoms with Gasteiger partial charge in [0.25, 0.3) is 0 Å². The Morgan fingerprint density at radius 3 is 1.28 bits per heavy atom. The number of carboxylic acid groups (broad SMARTS) is 1. The van der Waals surface area contributed by atoms with Crippen LogP contribution < -0.4 is 81.8 Å². The van der Waals surface area contributed by atoms with Crippen molar-refractivity contribution < 1.29 is 72.5 Å². The van der Waals surface area contributed by atoms with E-state index in [1.807, 2.05) is 0 Å². The van der Waals surface area contributed by atoms with Gasteiger partial charge in [-0.2, -0.15) is 0 Å². The fourth-order valence-electron chi connectivity index (χ4n) is 9.95. The van der Waals surface area contributed by atoms with E-state index in [2.05, 4.69) is 53.2 Å². The molecule has 2 heterocycles. The highest BCUT2D eigenvalue weighted by Gasteiger charge is 2.42. The minimum atomic E-state index is -1.61. The summed E-state index contributed by atoms with van der Waals surface area (Å²) in [5, 5.41) is 46.2. The average molecular weight is 1250 g/mol. The Balaban J connectivity index is 2.25. The molecular weight excluding hydrogens is 1150 g/mol. The minimum Gasteiger partial charge on any atom is -0.480 e. The van der Waals surface area contributed by atoms with E-state index in [-0.39, 0.29) is 90.1 Å². The number of aliphatic hydroxyl groups is 1. The van der Waals surface area contributed by atoms with Gasteiger partial charge in [0, 0.05) is 13.1 Å². The molecule has 2 aliphatic heterocycles. The van der Waals surface area contributed by atoms with Crippen LogP contribution in [-0.4, -0.2) is 222 Å². The summed E-state index contributed by atoms with van der Waals surface area (Å²) in [6, 6.07) is -12.6. The largest absolute Gasteiger partial charge is 0.480 e. The number of nitrogens with one attached hydrogen (secondary N) is 10. The Morgan fingerprint density at radius 1 is 0.455 bits per heavy atom. The molecule has 2 rings (SSSR count). The van der Waals surface area contributed by atoms with Crippen molar-refractivity contribution in [2.75, 3.05) is 58.9 Å². The molecule has 0 radical (unpaired) electrons. The quantitative estimate of drug-likeness (QED) is 0.0253. The zero-order valence-electron chi connectivity index (χ0n) is 51.8. The number of carbonyl (C=O) groups excluding carboxylic acids is 12. The number of hydrogen-bond donors (Lipinski definition) is 17. The van der Waals surface area contributed by atoms with E-state index >= 15 is 0 Å². The molecule has 500 valence electrons. The lowest BCUT2D eigenvalue weighted by molar-refractivity contribution is -0.145. The van der Waals surface area contributed by atoms with Gasteiger partial charge in [-0.25, -0.2) is 4.79 Å². The highest BCUT2D eigenvalue weighted by atomic mass is 16.4. The van der Waals surface area contributed by atoms with Gasteiger partial charge in [0.2, 0.25) is 70.9 Å². The van der Waals surface area contributed by atoms with E-state index in [0.29, 0.717) is 70.8 Å². The summed E-state index contributed by atoms with van der Waals surface area (Å²) < 4.78 is 0. The van der Waals surface area contributed by atoms with Crippen LogP contribution in [0.15, 0.2) is 0 Å². The van der Waals surface area contributed by atoms with Crippen molar-refractivity contribution in [3.8, 4) is 0 Å². The van der Waals surface area contributed by atoms with Crippen LogP contribution in [0, 0.1) is 5.92 Å². The molecule has 11 unspecified atom stereocenters. The van der Waals surface area contributed by atoms with Gasteiger partial charge < -0.3 is 102 Å². The Morgan fingerprint density at radius 2 is 0.841 bits per heavy atom. The SMILES string of the molecule is CC(C)CC(NC(=O)C(CCCCN)NC(=O)C(CCCCN)NC(=O)C(C)NC(=O)C(CCCCN)NC(=O)C(CCCCN)NC(=O)C1CCCN1C(=O)C(NC(=O)C(C)NC(=O)C1CCCN1C(=O)CNC(=O)CNC(=O)CN)C(C)O)C(=O)O. The van der Waals surface area contributed by atoms with Gasteiger partial charge in [0.05, 0.1) is 25.7 Å². The Bertz CT molecular complexity index is 2330. The van der Waals surface area contributed by atoms with Crippen molar-refractivity contribution in [2.45, 2.75) is 210 Å². The number of nitrogens with two attached hydrogens (primary N) is 5. The third kappa shape index (κ3) is 27.1. The second-order valence-corrected chi connectivity index (χ2v) is 22.8. The zero-order valence-corrected chi connectivity index (χ0v) is 51.8. The van der Waals surface area contributed by atoms with Crippen LogP contribution in [0.4, 0.5) is 0 Å². The molecule has 0 spiro atoms. The number of carbonyl (C=O) groups is 13. The second kappa shape index (κ2) is 41.2. The molecule has 2 saturated heterocycles. The Labute approximate surface area is 514 Å². The summed E-state index contributed by atoms with van der Waals surface area (Å²) in [5.74, 6) is -10.1. The molecule has 11 atom stereocenters. The standard InChI is InChI=1S/C56H101N17O15/c1-32(2)28-40(56(87)88)70-52(83)38(18-8-12-24-59)68-50(81)37(17-7-11-23-58)66-47(78)33(3)64-49(80)36(16-6-10-22-57)67-51(82)39(19-9-13-25-60)69-54(85)42-21-15-27-73(42)55(86)46(35(5)74)71-48(79)34(4)65-53(84)41-20-14-26-72(41)45(77)31-63-44(76)30-62-43(75)29-61/h32-42,46,74H,6-31,57-61H2,1-5H3,(H,62,75)(H,63,76)(H,64,80)(H,65,84)(H,66,78)(H,67,82)(H,68,81)(H,69,85)(H,70,83)(H,71,79)(H,87,88). The van der Waals surface area contributed by atoms with E-state index in [0.717, 1.165) is 0 Å². The number of rotatable bonds is 42. The topological polar surface area (TPSA) is 519 Å². The lowest BCUT2D eigenvalue weighted by atomic mass is 10.0. The lowest BCUT2D eigenvalue weighted by Gasteiger charge is -2.32. The van der Waals surface area contributed by atoms with E-state index in [4.69, 9.17) is 28.7 Å². The predicted molar refractivity (Wildman–Crippen MR) is 322 cm³/mol. The van der Waals surface area contributed by atoms with Crippen molar-refractivity contribution >= 4 is 76.9 Å². The molecule has 32 nitrogen and oxygen atoms in total. The highest BCUT2D eigenvalue weighted by molar-refractivity contribution is 5.99. The van der Waals surface area contributed by atoms with Crippen molar-refractivity contribution in [3.05, 3.63) is 0 Å². The monoisotopic (exact) mass is 1250 g/mol. The number of hydrogen-bond acceptors (Lipinski definition) is 19. The second-order valence-electron chi connectivity index (χ2n) is 22.8. The first-order valence-corrected chi connectivity index (χ1v) is 30.7. The minimum absolute atomic E-state index is 0.0232. The average Bonchev–Trinajstić information content (AvgIpc) is 2.97. The molecule has 0 aromatic rings. The highest BCUT2D eigenvalue weighted by Crippen LogP contribution is 2.21. The van der Waals surface area contributed by atoms with Crippen LogP contribution in [0.5, 0.6) is 0 Å². The Kier molecular flexibility index (Phi) is 36.0. The number of carboxylic acids is 1. The molecule has 0 aliphatic carbocycles. The molecule has 2 aliphatic rings. The maximum atomic E-state index is 14.3. The van der Waals surface area contributed by atoms with Crippen molar-refractivity contribution in [2.24, 2.45) is 34.6 Å². The predicted octanol–water partition coefficient (Wildman–Crippen LogP) is -5.89. The van der Waals surface area contributed by atoms with E-state index < -0.39 is 156 Å². The third-order valence-corrected chi connectivity index (χ3v) is 15.0. The molecule has 0 saturated carbocycles. The van der Waals surface area contributed by atoms with Crippen LogP contribution in [0.1, 0.15) is 144 Å². The number of likely N-dealkylation sites (tertiary alicyclic amines) is 2. The molecule has 12 amide bonds. The molecule has 2 fully saturated rings. The molecular formula is C56H101N17O15.